The second-order valence-electron chi connectivity index (χ2n) is 5.66. The lowest BCUT2D eigenvalue weighted by molar-refractivity contribution is -0.385. The molecule has 0 bridgehead atoms. The predicted molar refractivity (Wildman–Crippen MR) is 86.6 cm³/mol. The molecule has 1 N–H and O–H groups in total. The van der Waals surface area contributed by atoms with E-state index in [-0.39, 0.29) is 17.2 Å². The number of halogens is 1. The molecule has 5 nitrogen and oxygen atoms in total. The molecule has 1 saturated carbocycles. The van der Waals surface area contributed by atoms with E-state index < -0.39 is 4.92 Å². The SMILES string of the molecule is CCOC1CC(Nc2ccc([N+](=O)[O-])c(Br)c2)C1(C)CC. The Balaban J connectivity index is 2.09. The summed E-state index contributed by atoms with van der Waals surface area (Å²) in [5.41, 5.74) is 1.08. The summed E-state index contributed by atoms with van der Waals surface area (Å²) < 4.78 is 6.28. The molecule has 2 rings (SSSR count). The number of nitro groups is 1. The molecule has 0 aliphatic heterocycles. The van der Waals surface area contributed by atoms with Gasteiger partial charge in [-0.1, -0.05) is 13.8 Å². The lowest BCUT2D eigenvalue weighted by Gasteiger charge is -2.54. The molecule has 0 saturated heterocycles. The number of nitrogens with zero attached hydrogens (tertiary/aromatic N) is 1. The first-order chi connectivity index (χ1) is 9.92. The summed E-state index contributed by atoms with van der Waals surface area (Å²) in [4.78, 5) is 10.4. The quantitative estimate of drug-likeness (QED) is 0.607. The van der Waals surface area contributed by atoms with Crippen LogP contribution in [0.3, 0.4) is 0 Å². The van der Waals surface area contributed by atoms with Crippen molar-refractivity contribution in [3.8, 4) is 0 Å². The summed E-state index contributed by atoms with van der Waals surface area (Å²) in [6.45, 7) is 7.15. The van der Waals surface area contributed by atoms with Crippen LogP contribution in [-0.2, 0) is 4.74 Å². The van der Waals surface area contributed by atoms with Gasteiger partial charge in [0.15, 0.2) is 0 Å². The average Bonchev–Trinajstić information content (AvgIpc) is 2.45. The van der Waals surface area contributed by atoms with Gasteiger partial charge in [-0.15, -0.1) is 0 Å². The van der Waals surface area contributed by atoms with E-state index in [0.717, 1.165) is 25.1 Å². The highest BCUT2D eigenvalue weighted by Crippen LogP contribution is 2.47. The monoisotopic (exact) mass is 356 g/mol. The van der Waals surface area contributed by atoms with Crippen molar-refractivity contribution in [2.24, 2.45) is 5.41 Å². The second kappa shape index (κ2) is 6.32. The van der Waals surface area contributed by atoms with Crippen molar-refractivity contribution in [1.82, 2.24) is 0 Å². The molecule has 1 aromatic carbocycles. The Bertz CT molecular complexity index is 538. The van der Waals surface area contributed by atoms with Crippen LogP contribution in [0, 0.1) is 15.5 Å². The Morgan fingerprint density at radius 3 is 2.76 bits per heavy atom. The summed E-state index contributed by atoms with van der Waals surface area (Å²) in [5, 5.41) is 14.3. The van der Waals surface area contributed by atoms with Crippen LogP contribution in [0.15, 0.2) is 22.7 Å². The van der Waals surface area contributed by atoms with E-state index >= 15 is 0 Å². The largest absolute Gasteiger partial charge is 0.382 e. The van der Waals surface area contributed by atoms with Crippen molar-refractivity contribution in [3.05, 3.63) is 32.8 Å². The zero-order valence-electron chi connectivity index (χ0n) is 12.6. The highest BCUT2D eigenvalue weighted by Gasteiger charge is 2.51. The number of anilines is 1. The van der Waals surface area contributed by atoms with Crippen LogP contribution >= 0.6 is 15.9 Å². The molecule has 3 atom stereocenters. The van der Waals surface area contributed by atoms with Crippen molar-refractivity contribution in [1.29, 1.82) is 0 Å². The van der Waals surface area contributed by atoms with Crippen LogP contribution in [0.5, 0.6) is 0 Å². The van der Waals surface area contributed by atoms with Gasteiger partial charge in [0.2, 0.25) is 0 Å². The molecule has 0 heterocycles. The first-order valence-corrected chi connectivity index (χ1v) is 8.03. The van der Waals surface area contributed by atoms with E-state index in [1.807, 2.05) is 6.92 Å². The normalized spacial score (nSPS) is 28.0. The predicted octanol–water partition coefficient (Wildman–Crippen LogP) is 4.36. The van der Waals surface area contributed by atoms with Gasteiger partial charge in [0, 0.05) is 29.8 Å². The van der Waals surface area contributed by atoms with E-state index in [0.29, 0.717) is 10.5 Å². The molecular formula is C15H21BrN2O3. The minimum absolute atomic E-state index is 0.0830. The van der Waals surface area contributed by atoms with Crippen molar-refractivity contribution in [2.75, 3.05) is 11.9 Å². The zero-order chi connectivity index (χ0) is 15.6. The van der Waals surface area contributed by atoms with Crippen LogP contribution in [-0.4, -0.2) is 23.7 Å². The van der Waals surface area contributed by atoms with Gasteiger partial charge in [0.25, 0.3) is 5.69 Å². The Hall–Kier alpha value is -1.14. The van der Waals surface area contributed by atoms with Crippen molar-refractivity contribution in [3.63, 3.8) is 0 Å². The van der Waals surface area contributed by atoms with Gasteiger partial charge in [-0.3, -0.25) is 10.1 Å². The zero-order valence-corrected chi connectivity index (χ0v) is 14.1. The van der Waals surface area contributed by atoms with E-state index in [4.69, 9.17) is 4.74 Å². The Morgan fingerprint density at radius 1 is 1.52 bits per heavy atom. The third-order valence-electron chi connectivity index (χ3n) is 4.60. The number of hydrogen-bond donors (Lipinski definition) is 1. The maximum absolute atomic E-state index is 10.8. The maximum Gasteiger partial charge on any atom is 0.283 e. The third kappa shape index (κ3) is 3.06. The number of nitrogens with one attached hydrogen (secondary N) is 1. The number of benzene rings is 1. The summed E-state index contributed by atoms with van der Waals surface area (Å²) in [5.74, 6) is 0. The first kappa shape index (κ1) is 16.2. The summed E-state index contributed by atoms with van der Waals surface area (Å²) in [6, 6.07) is 5.37. The molecule has 1 aromatic rings. The minimum atomic E-state index is -0.390. The molecule has 116 valence electrons. The number of nitro benzene ring substituents is 1. The first-order valence-electron chi connectivity index (χ1n) is 7.24. The molecule has 1 aliphatic rings. The van der Waals surface area contributed by atoms with Crippen molar-refractivity contribution >= 4 is 27.3 Å². The van der Waals surface area contributed by atoms with Crippen LogP contribution in [0.1, 0.15) is 33.6 Å². The number of rotatable bonds is 6. The molecule has 21 heavy (non-hydrogen) atoms. The fourth-order valence-corrected chi connectivity index (χ4v) is 3.44. The minimum Gasteiger partial charge on any atom is -0.382 e. The lowest BCUT2D eigenvalue weighted by Crippen LogP contribution is -2.59. The van der Waals surface area contributed by atoms with Gasteiger partial charge in [0.05, 0.1) is 15.5 Å². The van der Waals surface area contributed by atoms with Crippen LogP contribution < -0.4 is 5.32 Å². The van der Waals surface area contributed by atoms with Gasteiger partial charge < -0.3 is 10.1 Å². The Morgan fingerprint density at radius 2 is 2.24 bits per heavy atom. The van der Waals surface area contributed by atoms with Crippen LogP contribution in [0.4, 0.5) is 11.4 Å². The van der Waals surface area contributed by atoms with Crippen molar-refractivity contribution < 1.29 is 9.66 Å². The molecule has 0 spiro atoms. The molecule has 3 unspecified atom stereocenters. The summed E-state index contributed by atoms with van der Waals surface area (Å²) in [6.07, 6.45) is 2.28. The second-order valence-corrected chi connectivity index (χ2v) is 6.51. The Labute approximate surface area is 133 Å². The topological polar surface area (TPSA) is 64.4 Å². The molecule has 6 heteroatoms. The third-order valence-corrected chi connectivity index (χ3v) is 5.23. The van der Waals surface area contributed by atoms with Crippen LogP contribution in [0.2, 0.25) is 0 Å². The van der Waals surface area contributed by atoms with E-state index in [1.54, 1.807) is 12.1 Å². The molecule has 1 fully saturated rings. The van der Waals surface area contributed by atoms with E-state index in [9.17, 15) is 10.1 Å². The standard InChI is InChI=1S/C15H21BrN2O3/c1-4-15(3)13(9-14(15)21-5-2)17-10-6-7-12(18(19)20)11(16)8-10/h6-8,13-14,17H,4-5,9H2,1-3H3. The summed E-state index contributed by atoms with van der Waals surface area (Å²) >= 11 is 3.25. The molecule has 1 aliphatic carbocycles. The van der Waals surface area contributed by atoms with Gasteiger partial charge in [-0.2, -0.15) is 0 Å². The number of hydrogen-bond acceptors (Lipinski definition) is 4. The summed E-state index contributed by atoms with van der Waals surface area (Å²) in [7, 11) is 0. The molecule has 0 amide bonds. The van der Waals surface area contributed by atoms with Gasteiger partial charge in [0.1, 0.15) is 0 Å². The van der Waals surface area contributed by atoms with Crippen LogP contribution in [0.25, 0.3) is 0 Å². The van der Waals surface area contributed by atoms with E-state index in [2.05, 4.69) is 35.1 Å². The molecular weight excluding hydrogens is 336 g/mol. The lowest BCUT2D eigenvalue weighted by atomic mass is 9.61. The maximum atomic E-state index is 10.8. The van der Waals surface area contributed by atoms with Crippen molar-refractivity contribution in [2.45, 2.75) is 45.8 Å². The van der Waals surface area contributed by atoms with Gasteiger partial charge >= 0.3 is 0 Å². The number of ether oxygens (including phenoxy) is 1. The fourth-order valence-electron chi connectivity index (χ4n) is 2.92. The highest BCUT2D eigenvalue weighted by molar-refractivity contribution is 9.10. The average molecular weight is 357 g/mol. The highest BCUT2D eigenvalue weighted by atomic mass is 79.9. The van der Waals surface area contributed by atoms with Gasteiger partial charge in [-0.25, -0.2) is 0 Å². The molecule has 0 aromatic heterocycles. The van der Waals surface area contributed by atoms with Gasteiger partial charge in [-0.05, 0) is 47.8 Å². The smallest absolute Gasteiger partial charge is 0.283 e. The van der Waals surface area contributed by atoms with E-state index in [1.165, 1.54) is 6.07 Å². The molecule has 0 radical (unpaired) electrons. The fraction of sp³-hybridized carbons (Fsp3) is 0.600. The Kier molecular flexibility index (Phi) is 4.88.